The van der Waals surface area contributed by atoms with E-state index in [1.54, 1.807) is 23.1 Å². The van der Waals surface area contributed by atoms with Gasteiger partial charge in [0.1, 0.15) is 0 Å². The van der Waals surface area contributed by atoms with Crippen LogP contribution in [0, 0.1) is 5.92 Å². The molecule has 2 fully saturated rings. The van der Waals surface area contributed by atoms with Gasteiger partial charge in [-0.3, -0.25) is 9.59 Å². The van der Waals surface area contributed by atoms with Crippen molar-refractivity contribution in [1.29, 1.82) is 0 Å². The molecule has 1 aromatic rings. The number of rotatable bonds is 4. The molecule has 0 aromatic heterocycles. The van der Waals surface area contributed by atoms with Crippen molar-refractivity contribution in [3.05, 3.63) is 23.8 Å². The highest BCUT2D eigenvalue weighted by molar-refractivity contribution is 7.89. The first-order valence-electron chi connectivity index (χ1n) is 11.0. The predicted molar refractivity (Wildman–Crippen MR) is 115 cm³/mol. The molecule has 2 atom stereocenters. The molecule has 164 valence electrons. The van der Waals surface area contributed by atoms with Crippen molar-refractivity contribution in [2.45, 2.75) is 75.8 Å². The Bertz CT molecular complexity index is 940. The van der Waals surface area contributed by atoms with Gasteiger partial charge in [-0.25, -0.2) is 8.42 Å². The van der Waals surface area contributed by atoms with Gasteiger partial charge >= 0.3 is 0 Å². The lowest BCUT2D eigenvalue weighted by atomic mass is 9.98. The van der Waals surface area contributed by atoms with Crippen LogP contribution in [0.3, 0.4) is 0 Å². The molecule has 2 heterocycles. The van der Waals surface area contributed by atoms with E-state index in [1.807, 2.05) is 6.92 Å². The van der Waals surface area contributed by atoms with E-state index in [0.717, 1.165) is 43.4 Å². The average molecular weight is 434 g/mol. The van der Waals surface area contributed by atoms with Gasteiger partial charge in [-0.1, -0.05) is 12.8 Å². The van der Waals surface area contributed by atoms with Crippen LogP contribution in [0.25, 0.3) is 0 Å². The van der Waals surface area contributed by atoms with E-state index in [9.17, 15) is 18.0 Å². The Morgan fingerprint density at radius 2 is 1.83 bits per heavy atom. The molecule has 0 spiro atoms. The summed E-state index contributed by atoms with van der Waals surface area (Å²) in [5.41, 5.74) is 1.67. The summed E-state index contributed by atoms with van der Waals surface area (Å²) in [6, 6.07) is 5.29. The first-order chi connectivity index (χ1) is 14.3. The van der Waals surface area contributed by atoms with E-state index < -0.39 is 10.0 Å². The van der Waals surface area contributed by atoms with Crippen molar-refractivity contribution >= 4 is 27.5 Å². The molecule has 1 aromatic carbocycles. The van der Waals surface area contributed by atoms with Crippen LogP contribution in [-0.4, -0.2) is 49.7 Å². The van der Waals surface area contributed by atoms with Gasteiger partial charge in [-0.2, -0.15) is 4.31 Å². The number of benzene rings is 1. The number of carbonyl (C=O) groups is 2. The van der Waals surface area contributed by atoms with Crippen molar-refractivity contribution in [3.63, 3.8) is 0 Å². The third-order valence-corrected chi connectivity index (χ3v) is 8.56. The van der Waals surface area contributed by atoms with Crippen molar-refractivity contribution in [1.82, 2.24) is 9.62 Å². The maximum absolute atomic E-state index is 13.3. The molecule has 1 saturated carbocycles. The van der Waals surface area contributed by atoms with E-state index >= 15 is 0 Å². The highest BCUT2D eigenvalue weighted by Gasteiger charge is 2.36. The smallest absolute Gasteiger partial charge is 0.243 e. The van der Waals surface area contributed by atoms with Crippen molar-refractivity contribution in [2.24, 2.45) is 5.92 Å². The molecular weight excluding hydrogens is 402 g/mol. The summed E-state index contributed by atoms with van der Waals surface area (Å²) < 4.78 is 28.1. The number of piperidine rings is 1. The van der Waals surface area contributed by atoms with Gasteiger partial charge in [0.15, 0.2) is 0 Å². The molecule has 8 heteroatoms. The second kappa shape index (κ2) is 8.30. The molecule has 7 nitrogen and oxygen atoms in total. The molecule has 30 heavy (non-hydrogen) atoms. The van der Waals surface area contributed by atoms with Gasteiger partial charge in [0.25, 0.3) is 0 Å². The summed E-state index contributed by atoms with van der Waals surface area (Å²) in [7, 11) is -3.68. The number of anilines is 1. The summed E-state index contributed by atoms with van der Waals surface area (Å²) in [5, 5.41) is 3.12. The van der Waals surface area contributed by atoms with Crippen LogP contribution in [-0.2, 0) is 26.0 Å². The molecule has 0 unspecified atom stereocenters. The van der Waals surface area contributed by atoms with E-state index in [4.69, 9.17) is 0 Å². The summed E-state index contributed by atoms with van der Waals surface area (Å²) in [6.07, 6.45) is 6.38. The van der Waals surface area contributed by atoms with Gasteiger partial charge in [-0.05, 0) is 62.8 Å². The highest BCUT2D eigenvalue weighted by atomic mass is 32.2. The molecule has 0 radical (unpaired) electrons. The SMILES string of the molecule is CC(=O)N1c2ccc(S(=O)(=O)N3CCC[C@@H](C(=O)NC4CCCC4)C3)cc2C[C@@H]1C. The zero-order valence-electron chi connectivity index (χ0n) is 17.8. The van der Waals surface area contributed by atoms with Crippen LogP contribution < -0.4 is 10.2 Å². The number of sulfonamides is 1. The van der Waals surface area contributed by atoms with Gasteiger partial charge in [0.05, 0.1) is 10.8 Å². The maximum atomic E-state index is 13.3. The van der Waals surface area contributed by atoms with Gasteiger partial charge in [-0.15, -0.1) is 0 Å². The largest absolute Gasteiger partial charge is 0.353 e. The minimum Gasteiger partial charge on any atom is -0.353 e. The zero-order valence-corrected chi connectivity index (χ0v) is 18.6. The predicted octanol–water partition coefficient (Wildman–Crippen LogP) is 2.44. The number of carbonyl (C=O) groups excluding carboxylic acids is 2. The third kappa shape index (κ3) is 3.99. The molecule has 2 aliphatic heterocycles. The Kier molecular flexibility index (Phi) is 5.90. The molecule has 2 amide bonds. The molecule has 4 rings (SSSR count). The number of hydrogen-bond donors (Lipinski definition) is 1. The normalized spacial score (nSPS) is 25.3. The average Bonchev–Trinajstić information content (AvgIpc) is 3.33. The van der Waals surface area contributed by atoms with Gasteiger partial charge in [0.2, 0.25) is 21.8 Å². The molecule has 3 aliphatic rings. The van der Waals surface area contributed by atoms with Crippen LogP contribution in [0.4, 0.5) is 5.69 Å². The summed E-state index contributed by atoms with van der Waals surface area (Å²) in [4.78, 5) is 26.6. The summed E-state index contributed by atoms with van der Waals surface area (Å²) >= 11 is 0. The molecule has 0 bridgehead atoms. The lowest BCUT2D eigenvalue weighted by Crippen LogP contribution is -2.47. The fourth-order valence-electron chi connectivity index (χ4n) is 5.16. The fraction of sp³-hybridized carbons (Fsp3) is 0.636. The Labute approximate surface area is 178 Å². The van der Waals surface area contributed by atoms with E-state index in [2.05, 4.69) is 5.32 Å². The monoisotopic (exact) mass is 433 g/mol. The Hall–Kier alpha value is -1.93. The lowest BCUT2D eigenvalue weighted by molar-refractivity contribution is -0.126. The zero-order chi connectivity index (χ0) is 21.5. The van der Waals surface area contributed by atoms with Crippen molar-refractivity contribution in [2.75, 3.05) is 18.0 Å². The number of nitrogens with one attached hydrogen (secondary N) is 1. The molecule has 1 saturated heterocycles. The number of hydrogen-bond acceptors (Lipinski definition) is 4. The second-order valence-corrected chi connectivity index (χ2v) is 10.9. The van der Waals surface area contributed by atoms with Gasteiger partial charge in [0, 0.05) is 37.8 Å². The van der Waals surface area contributed by atoms with E-state index in [-0.39, 0.29) is 41.3 Å². The van der Waals surface area contributed by atoms with Gasteiger partial charge < -0.3 is 10.2 Å². The quantitative estimate of drug-likeness (QED) is 0.790. The minimum absolute atomic E-state index is 0.0123. The highest BCUT2D eigenvalue weighted by Crippen LogP contribution is 2.35. The third-order valence-electron chi connectivity index (χ3n) is 6.70. The van der Waals surface area contributed by atoms with Crippen LogP contribution >= 0.6 is 0 Å². The lowest BCUT2D eigenvalue weighted by Gasteiger charge is -2.32. The molecule has 1 N–H and O–H groups in total. The summed E-state index contributed by atoms with van der Waals surface area (Å²) in [5.74, 6) is -0.345. The second-order valence-electron chi connectivity index (χ2n) is 8.92. The summed E-state index contributed by atoms with van der Waals surface area (Å²) in [6.45, 7) is 4.16. The van der Waals surface area contributed by atoms with Crippen LogP contribution in [0.5, 0.6) is 0 Å². The first kappa shape index (κ1) is 21.3. The van der Waals surface area contributed by atoms with Crippen LogP contribution in [0.1, 0.15) is 57.9 Å². The van der Waals surface area contributed by atoms with E-state index in [1.165, 1.54) is 11.2 Å². The van der Waals surface area contributed by atoms with Crippen molar-refractivity contribution < 1.29 is 18.0 Å². The van der Waals surface area contributed by atoms with Crippen LogP contribution in [0.2, 0.25) is 0 Å². The first-order valence-corrected chi connectivity index (χ1v) is 12.4. The van der Waals surface area contributed by atoms with Crippen molar-refractivity contribution in [3.8, 4) is 0 Å². The van der Waals surface area contributed by atoms with E-state index in [0.29, 0.717) is 19.4 Å². The number of amides is 2. The Balaban J connectivity index is 1.50. The van der Waals surface area contributed by atoms with Crippen LogP contribution in [0.15, 0.2) is 23.1 Å². The number of nitrogens with zero attached hydrogens (tertiary/aromatic N) is 2. The molecule has 1 aliphatic carbocycles. The Morgan fingerprint density at radius 3 is 2.53 bits per heavy atom. The molecular formula is C22H31N3O4S. The minimum atomic E-state index is -3.68. The Morgan fingerprint density at radius 1 is 1.10 bits per heavy atom. The standard InChI is InChI=1S/C22H31N3O4S/c1-15-12-18-13-20(9-10-21(18)25(15)16(2)26)30(28,29)24-11-5-6-17(14-24)22(27)23-19-7-3-4-8-19/h9-10,13,15,17,19H,3-8,11-12,14H2,1-2H3,(H,23,27)/t15-,17+/m0/s1. The number of fused-ring (bicyclic) bond motifs is 1. The topological polar surface area (TPSA) is 86.8 Å². The maximum Gasteiger partial charge on any atom is 0.243 e. The fourth-order valence-corrected chi connectivity index (χ4v) is 6.74.